The number of hydrogen-bond donors (Lipinski definition) is 1. The van der Waals surface area contributed by atoms with Crippen LogP contribution in [0.3, 0.4) is 0 Å². The first kappa shape index (κ1) is 8.74. The summed E-state index contributed by atoms with van der Waals surface area (Å²) in [6.45, 7) is 0. The summed E-state index contributed by atoms with van der Waals surface area (Å²) in [6.07, 6.45) is 4.20. The molecule has 0 aliphatic carbocycles. The number of aromatic amines is 1. The van der Waals surface area contributed by atoms with Crippen molar-refractivity contribution in [3.63, 3.8) is 0 Å². The second-order valence-electron chi connectivity index (χ2n) is 2.75. The molecule has 14 heavy (non-hydrogen) atoms. The number of imidazole rings is 1. The molecule has 0 spiro atoms. The molecule has 3 nitrogen and oxygen atoms in total. The van der Waals surface area contributed by atoms with E-state index in [2.05, 4.69) is 16.3 Å². The number of nitrogens with one attached hydrogen (secondary N) is 1. The average molecular weight is 191 g/mol. The lowest BCUT2D eigenvalue weighted by Gasteiger charge is -2.02. The Morgan fingerprint density at radius 1 is 1.50 bits per heavy atom. The van der Waals surface area contributed by atoms with Gasteiger partial charge in [-0.25, -0.2) is 9.37 Å². The maximum Gasteiger partial charge on any atom is 0.174 e. The van der Waals surface area contributed by atoms with E-state index in [1.165, 1.54) is 13.2 Å². The average Bonchev–Trinajstić information content (AvgIpc) is 2.70. The van der Waals surface area contributed by atoms with E-state index in [0.29, 0.717) is 11.3 Å². The summed E-state index contributed by atoms with van der Waals surface area (Å²) in [5.41, 5.74) is 1.35. The van der Waals surface area contributed by atoms with Crippen molar-refractivity contribution >= 4 is 0 Å². The van der Waals surface area contributed by atoms with Crippen molar-refractivity contribution in [2.24, 2.45) is 0 Å². The standard InChI is InChI=1S/C10H8FN2O/c1-14-10-3-2-7(4-8(10)11)9-5-12-6-13-9/h2-5H,1H3,(H,12,13). The van der Waals surface area contributed by atoms with Crippen LogP contribution in [0.25, 0.3) is 11.3 Å². The van der Waals surface area contributed by atoms with Crippen molar-refractivity contribution in [1.82, 2.24) is 9.97 Å². The molecule has 1 aromatic carbocycles. The number of aromatic nitrogens is 2. The molecule has 0 fully saturated rings. The molecule has 4 heteroatoms. The zero-order valence-electron chi connectivity index (χ0n) is 7.54. The number of halogens is 1. The minimum atomic E-state index is -0.395. The number of benzene rings is 1. The lowest BCUT2D eigenvalue weighted by atomic mass is 10.1. The second-order valence-corrected chi connectivity index (χ2v) is 2.75. The van der Waals surface area contributed by atoms with Crippen LogP contribution < -0.4 is 4.74 Å². The Bertz CT molecular complexity index is 426. The molecule has 1 radical (unpaired) electrons. The van der Waals surface area contributed by atoms with Gasteiger partial charge in [-0.2, -0.15) is 0 Å². The molecule has 0 saturated carbocycles. The highest BCUT2D eigenvalue weighted by molar-refractivity contribution is 5.59. The highest BCUT2D eigenvalue weighted by atomic mass is 19.1. The molecule has 1 N–H and O–H groups in total. The van der Waals surface area contributed by atoms with Crippen LogP contribution in [0.2, 0.25) is 0 Å². The van der Waals surface area contributed by atoms with E-state index >= 15 is 0 Å². The van der Waals surface area contributed by atoms with Crippen molar-refractivity contribution in [2.75, 3.05) is 7.11 Å². The summed E-state index contributed by atoms with van der Waals surface area (Å²) in [5, 5.41) is 0. The minimum absolute atomic E-state index is 0.230. The molecule has 1 aromatic heterocycles. The van der Waals surface area contributed by atoms with Crippen molar-refractivity contribution in [1.29, 1.82) is 0 Å². The Labute approximate surface area is 80.6 Å². The van der Waals surface area contributed by atoms with Crippen molar-refractivity contribution in [3.05, 3.63) is 36.5 Å². The van der Waals surface area contributed by atoms with Gasteiger partial charge in [0, 0.05) is 11.8 Å². The Kier molecular flexibility index (Phi) is 2.18. The lowest BCUT2D eigenvalue weighted by Crippen LogP contribution is -1.88. The summed E-state index contributed by atoms with van der Waals surface area (Å²) in [4.78, 5) is 6.58. The molecule has 0 aliphatic heterocycles. The molecule has 0 atom stereocenters. The number of ether oxygens (including phenoxy) is 1. The third-order valence-electron chi connectivity index (χ3n) is 1.90. The zero-order valence-corrected chi connectivity index (χ0v) is 7.54. The first-order valence-electron chi connectivity index (χ1n) is 4.06. The second kappa shape index (κ2) is 3.49. The molecule has 2 rings (SSSR count). The first-order valence-corrected chi connectivity index (χ1v) is 4.06. The van der Waals surface area contributed by atoms with E-state index in [4.69, 9.17) is 4.74 Å². The van der Waals surface area contributed by atoms with Gasteiger partial charge in [0.2, 0.25) is 0 Å². The summed E-state index contributed by atoms with van der Waals surface area (Å²) in [7, 11) is 1.43. The molecule has 0 saturated heterocycles. The number of rotatable bonds is 2. The normalized spacial score (nSPS) is 10.1. The predicted molar refractivity (Wildman–Crippen MR) is 49.4 cm³/mol. The van der Waals surface area contributed by atoms with Gasteiger partial charge in [-0.1, -0.05) is 0 Å². The zero-order chi connectivity index (χ0) is 9.97. The molecule has 0 unspecified atom stereocenters. The van der Waals surface area contributed by atoms with Crippen molar-refractivity contribution in [3.8, 4) is 17.0 Å². The van der Waals surface area contributed by atoms with Gasteiger partial charge in [-0.3, -0.25) is 0 Å². The molecule has 1 heterocycles. The maximum absolute atomic E-state index is 13.3. The highest BCUT2D eigenvalue weighted by Gasteiger charge is 2.05. The monoisotopic (exact) mass is 191 g/mol. The SMILES string of the molecule is COc1ccc(-c2c[nH][c]n2)cc1F. The van der Waals surface area contributed by atoms with Gasteiger partial charge in [-0.05, 0) is 18.2 Å². The van der Waals surface area contributed by atoms with E-state index in [1.807, 2.05) is 0 Å². The van der Waals surface area contributed by atoms with Gasteiger partial charge in [0.15, 0.2) is 17.9 Å². The summed E-state index contributed by atoms with van der Waals surface area (Å²) in [6, 6.07) is 4.69. The van der Waals surface area contributed by atoms with E-state index in [1.54, 1.807) is 18.3 Å². The Morgan fingerprint density at radius 2 is 2.36 bits per heavy atom. The number of methoxy groups -OCH3 is 1. The lowest BCUT2D eigenvalue weighted by molar-refractivity contribution is 0.386. The van der Waals surface area contributed by atoms with Crippen LogP contribution in [-0.4, -0.2) is 17.1 Å². The van der Waals surface area contributed by atoms with E-state index < -0.39 is 5.82 Å². The molecule has 0 bridgehead atoms. The van der Waals surface area contributed by atoms with Gasteiger partial charge in [0.05, 0.1) is 12.8 Å². The maximum atomic E-state index is 13.3. The fraction of sp³-hybridized carbons (Fsp3) is 0.100. The van der Waals surface area contributed by atoms with E-state index in [-0.39, 0.29) is 5.75 Å². The third kappa shape index (κ3) is 1.46. The van der Waals surface area contributed by atoms with Crippen LogP contribution >= 0.6 is 0 Å². The van der Waals surface area contributed by atoms with Gasteiger partial charge in [-0.15, -0.1) is 0 Å². The van der Waals surface area contributed by atoms with Gasteiger partial charge >= 0.3 is 0 Å². The summed E-state index contributed by atoms with van der Waals surface area (Å²) >= 11 is 0. The Balaban J connectivity index is 2.43. The Morgan fingerprint density at radius 3 is 2.93 bits per heavy atom. The molecule has 0 aliphatic rings. The number of hydrogen-bond acceptors (Lipinski definition) is 2. The van der Waals surface area contributed by atoms with Gasteiger partial charge < -0.3 is 9.72 Å². The molecular formula is C10H8FN2O. The van der Waals surface area contributed by atoms with Crippen LogP contribution in [0.15, 0.2) is 24.4 Å². The van der Waals surface area contributed by atoms with Gasteiger partial charge in [0.25, 0.3) is 0 Å². The number of nitrogens with zero attached hydrogens (tertiary/aromatic N) is 1. The summed E-state index contributed by atoms with van der Waals surface area (Å²) < 4.78 is 18.1. The smallest absolute Gasteiger partial charge is 0.174 e. The molecular weight excluding hydrogens is 183 g/mol. The fourth-order valence-corrected chi connectivity index (χ4v) is 1.20. The van der Waals surface area contributed by atoms with Crippen LogP contribution in [-0.2, 0) is 0 Å². The Hall–Kier alpha value is -1.84. The van der Waals surface area contributed by atoms with Crippen LogP contribution in [0.4, 0.5) is 4.39 Å². The topological polar surface area (TPSA) is 37.9 Å². The fourth-order valence-electron chi connectivity index (χ4n) is 1.20. The predicted octanol–water partition coefficient (Wildman–Crippen LogP) is 2.02. The minimum Gasteiger partial charge on any atom is -0.494 e. The van der Waals surface area contributed by atoms with Crippen molar-refractivity contribution in [2.45, 2.75) is 0 Å². The largest absolute Gasteiger partial charge is 0.494 e. The molecule has 2 aromatic rings. The molecule has 0 amide bonds. The first-order chi connectivity index (χ1) is 6.81. The molecule has 71 valence electrons. The van der Waals surface area contributed by atoms with E-state index in [9.17, 15) is 4.39 Å². The third-order valence-corrected chi connectivity index (χ3v) is 1.90. The van der Waals surface area contributed by atoms with Crippen LogP contribution in [0.5, 0.6) is 5.75 Å². The highest BCUT2D eigenvalue weighted by Crippen LogP contribution is 2.23. The van der Waals surface area contributed by atoms with Crippen LogP contribution in [0.1, 0.15) is 0 Å². The quantitative estimate of drug-likeness (QED) is 0.788. The van der Waals surface area contributed by atoms with E-state index in [0.717, 1.165) is 0 Å². The van der Waals surface area contributed by atoms with Gasteiger partial charge in [0.1, 0.15) is 0 Å². The number of H-pyrrole nitrogens is 1. The summed E-state index contributed by atoms with van der Waals surface area (Å²) in [5.74, 6) is -0.165. The van der Waals surface area contributed by atoms with Crippen LogP contribution in [0, 0.1) is 12.1 Å². The van der Waals surface area contributed by atoms with Crippen molar-refractivity contribution < 1.29 is 9.13 Å².